The van der Waals surface area contributed by atoms with Gasteiger partial charge in [0, 0.05) is 18.6 Å². The van der Waals surface area contributed by atoms with Gasteiger partial charge in [0.05, 0.1) is 11.8 Å². The molecule has 0 spiro atoms. The molecule has 46 valence electrons. The van der Waals surface area contributed by atoms with Crippen LogP contribution in [0, 0.1) is 11.3 Å². The summed E-state index contributed by atoms with van der Waals surface area (Å²) in [5.74, 6) is 2.66. The molecule has 0 aliphatic heterocycles. The van der Waals surface area contributed by atoms with E-state index in [4.69, 9.17) is 11.6 Å². The Bertz CT molecular complexity index is 254. The molecule has 1 aromatic rings. The first-order valence-corrected chi connectivity index (χ1v) is 2.81. The minimum Gasteiger partial charge on any atom is -0.275 e. The molecule has 3 heteroatoms. The van der Waals surface area contributed by atoms with Gasteiger partial charge in [-0.2, -0.15) is 5.10 Å². The van der Waals surface area contributed by atoms with Gasteiger partial charge in [0.2, 0.25) is 0 Å². The maximum Gasteiger partial charge on any atom is 0.0646 e. The maximum atomic E-state index is 5.15. The van der Waals surface area contributed by atoms with Gasteiger partial charge >= 0.3 is 0 Å². The van der Waals surface area contributed by atoms with E-state index in [-0.39, 0.29) is 0 Å². The third-order valence-corrected chi connectivity index (χ3v) is 0.991. The van der Waals surface area contributed by atoms with Gasteiger partial charge in [-0.3, -0.25) is 4.68 Å². The first kappa shape index (κ1) is 6.18. The van der Waals surface area contributed by atoms with Gasteiger partial charge in [0.25, 0.3) is 0 Å². The number of hydrogen-bond donors (Lipinski definition) is 0. The average Bonchev–Trinajstić information content (AvgIpc) is 2.17. The van der Waals surface area contributed by atoms with Crippen molar-refractivity contribution in [2.45, 2.75) is 0 Å². The van der Waals surface area contributed by atoms with Crippen molar-refractivity contribution < 1.29 is 0 Å². The third kappa shape index (κ3) is 1.48. The van der Waals surface area contributed by atoms with Crippen molar-refractivity contribution in [1.82, 2.24) is 9.78 Å². The number of aryl methyl sites for hydroxylation is 1. The highest BCUT2D eigenvalue weighted by molar-refractivity contribution is 6.30. The van der Waals surface area contributed by atoms with Crippen LogP contribution >= 0.6 is 11.6 Å². The summed E-state index contributed by atoms with van der Waals surface area (Å²) in [6.07, 6.45) is 3.46. The normalized spacial score (nSPS) is 8.22. The summed E-state index contributed by atoms with van der Waals surface area (Å²) in [6.45, 7) is 0. The lowest BCUT2D eigenvalue weighted by Gasteiger charge is -1.78. The summed E-state index contributed by atoms with van der Waals surface area (Å²) in [6, 6.07) is 0. The van der Waals surface area contributed by atoms with Crippen molar-refractivity contribution in [3.8, 4) is 11.3 Å². The van der Waals surface area contributed by atoms with Crippen molar-refractivity contribution in [3.63, 3.8) is 0 Å². The zero-order chi connectivity index (χ0) is 6.69. The van der Waals surface area contributed by atoms with E-state index in [0.29, 0.717) is 0 Å². The fourth-order valence-electron chi connectivity index (χ4n) is 0.540. The molecule has 0 N–H and O–H groups in total. The van der Waals surface area contributed by atoms with E-state index >= 15 is 0 Å². The number of rotatable bonds is 0. The predicted molar refractivity (Wildman–Crippen MR) is 35.9 cm³/mol. The molecule has 0 amide bonds. The van der Waals surface area contributed by atoms with Gasteiger partial charge in [-0.15, -0.1) is 0 Å². The Morgan fingerprint density at radius 2 is 2.56 bits per heavy atom. The molecule has 0 saturated carbocycles. The van der Waals surface area contributed by atoms with Crippen LogP contribution in [-0.4, -0.2) is 9.78 Å². The topological polar surface area (TPSA) is 17.8 Å². The van der Waals surface area contributed by atoms with Gasteiger partial charge in [0.1, 0.15) is 0 Å². The van der Waals surface area contributed by atoms with Crippen LogP contribution in [0.2, 0.25) is 0 Å². The maximum absolute atomic E-state index is 5.15. The Hall–Kier alpha value is -0.940. The minimum absolute atomic E-state index is 0.840. The van der Waals surface area contributed by atoms with Crippen LogP contribution in [0.4, 0.5) is 0 Å². The molecule has 2 nitrogen and oxygen atoms in total. The van der Waals surface area contributed by atoms with Crippen molar-refractivity contribution in [1.29, 1.82) is 0 Å². The molecule has 0 fully saturated rings. The Labute approximate surface area is 58.4 Å². The van der Waals surface area contributed by atoms with Crippen molar-refractivity contribution in [3.05, 3.63) is 18.0 Å². The first-order valence-electron chi connectivity index (χ1n) is 2.43. The van der Waals surface area contributed by atoms with E-state index in [9.17, 15) is 0 Å². The van der Waals surface area contributed by atoms with Crippen molar-refractivity contribution in [2.24, 2.45) is 7.05 Å². The Morgan fingerprint density at radius 3 is 3.00 bits per heavy atom. The summed E-state index contributed by atoms with van der Waals surface area (Å²) in [5.41, 5.74) is 0.840. The fourth-order valence-corrected chi connectivity index (χ4v) is 0.649. The van der Waals surface area contributed by atoms with Gasteiger partial charge in [-0.05, 0) is 17.5 Å². The largest absolute Gasteiger partial charge is 0.275 e. The Morgan fingerprint density at radius 1 is 1.78 bits per heavy atom. The average molecular weight is 141 g/mol. The summed E-state index contributed by atoms with van der Waals surface area (Å²) in [4.78, 5) is 0. The lowest BCUT2D eigenvalue weighted by atomic mass is 10.4. The van der Waals surface area contributed by atoms with E-state index in [1.54, 1.807) is 17.1 Å². The molecule has 0 aliphatic rings. The SMILES string of the molecule is Cn1cc(C#CCl)cn1. The zero-order valence-corrected chi connectivity index (χ0v) is 5.68. The molecule has 0 bridgehead atoms. The lowest BCUT2D eigenvalue weighted by molar-refractivity contribution is 0.767. The number of nitrogens with zero attached hydrogens (tertiary/aromatic N) is 2. The van der Waals surface area contributed by atoms with Gasteiger partial charge in [-0.1, -0.05) is 0 Å². The fraction of sp³-hybridized carbons (Fsp3) is 0.167. The second-order valence-corrected chi connectivity index (χ2v) is 1.81. The molecule has 0 aliphatic carbocycles. The van der Waals surface area contributed by atoms with E-state index in [2.05, 4.69) is 16.4 Å². The molecule has 0 radical (unpaired) electrons. The van der Waals surface area contributed by atoms with E-state index in [1.807, 2.05) is 7.05 Å². The molecule has 1 heterocycles. The van der Waals surface area contributed by atoms with Crippen LogP contribution in [-0.2, 0) is 7.05 Å². The molecule has 0 unspecified atom stereocenters. The number of aromatic nitrogens is 2. The van der Waals surface area contributed by atoms with Crippen LogP contribution < -0.4 is 0 Å². The second-order valence-electron chi connectivity index (χ2n) is 1.62. The van der Waals surface area contributed by atoms with Crippen molar-refractivity contribution in [2.75, 3.05) is 0 Å². The Balaban J connectivity index is 2.93. The molecule has 1 aromatic heterocycles. The van der Waals surface area contributed by atoms with Crippen LogP contribution in [0.25, 0.3) is 0 Å². The van der Waals surface area contributed by atoms with Gasteiger partial charge in [0.15, 0.2) is 0 Å². The highest BCUT2D eigenvalue weighted by atomic mass is 35.5. The lowest BCUT2D eigenvalue weighted by Crippen LogP contribution is -1.83. The standard InChI is InChI=1S/C6H5ClN2/c1-9-5-6(2-3-7)4-8-9/h4-5H,1H3. The van der Waals surface area contributed by atoms with Gasteiger partial charge in [-0.25, -0.2) is 0 Å². The van der Waals surface area contributed by atoms with Crippen LogP contribution in [0.15, 0.2) is 12.4 Å². The third-order valence-electron chi connectivity index (χ3n) is 0.896. The molecule has 9 heavy (non-hydrogen) atoms. The Kier molecular flexibility index (Phi) is 1.76. The van der Waals surface area contributed by atoms with Crippen LogP contribution in [0.5, 0.6) is 0 Å². The first-order chi connectivity index (χ1) is 4.33. The molecule has 0 saturated heterocycles. The molecular formula is C6H5ClN2. The molecule has 1 rings (SSSR count). The quantitative estimate of drug-likeness (QED) is 0.491. The summed E-state index contributed by atoms with van der Waals surface area (Å²) >= 11 is 5.15. The summed E-state index contributed by atoms with van der Waals surface area (Å²) in [7, 11) is 1.83. The minimum atomic E-state index is 0.840. The molecular weight excluding hydrogens is 136 g/mol. The molecule has 0 aromatic carbocycles. The highest BCUT2D eigenvalue weighted by Crippen LogP contribution is 1.91. The number of hydrogen-bond acceptors (Lipinski definition) is 1. The van der Waals surface area contributed by atoms with Gasteiger partial charge < -0.3 is 0 Å². The number of halogens is 1. The van der Waals surface area contributed by atoms with Crippen molar-refractivity contribution >= 4 is 11.6 Å². The predicted octanol–water partition coefficient (Wildman–Crippen LogP) is 0.968. The summed E-state index contributed by atoms with van der Waals surface area (Å²) in [5, 5.41) is 6.16. The smallest absolute Gasteiger partial charge is 0.0646 e. The molecule has 0 atom stereocenters. The van der Waals surface area contributed by atoms with Crippen LogP contribution in [0.3, 0.4) is 0 Å². The second kappa shape index (κ2) is 2.56. The van der Waals surface area contributed by atoms with E-state index < -0.39 is 0 Å². The van der Waals surface area contributed by atoms with E-state index in [0.717, 1.165) is 5.56 Å². The highest BCUT2D eigenvalue weighted by Gasteiger charge is 1.86. The monoisotopic (exact) mass is 140 g/mol. The van der Waals surface area contributed by atoms with E-state index in [1.165, 1.54) is 0 Å². The van der Waals surface area contributed by atoms with Crippen LogP contribution in [0.1, 0.15) is 5.56 Å². The summed E-state index contributed by atoms with van der Waals surface area (Å²) < 4.78 is 1.68. The zero-order valence-electron chi connectivity index (χ0n) is 4.93.